The first kappa shape index (κ1) is 16.9. The van der Waals surface area contributed by atoms with Gasteiger partial charge in [0.05, 0.1) is 12.2 Å². The summed E-state index contributed by atoms with van der Waals surface area (Å²) in [6.45, 7) is 7.19. The van der Waals surface area contributed by atoms with E-state index in [-0.39, 0.29) is 12.2 Å². The molecule has 0 N–H and O–H groups in total. The number of rotatable bonds is 12. The van der Waals surface area contributed by atoms with E-state index in [9.17, 15) is 0 Å². The second kappa shape index (κ2) is 12.4. The van der Waals surface area contributed by atoms with E-state index in [1.165, 1.54) is 44.9 Å². The first-order valence-electron chi connectivity index (χ1n) is 7.40. The van der Waals surface area contributed by atoms with Crippen molar-refractivity contribution in [1.82, 2.24) is 0 Å². The highest BCUT2D eigenvalue weighted by Crippen LogP contribution is 2.14. The summed E-state index contributed by atoms with van der Waals surface area (Å²) < 4.78 is 11.1. The van der Waals surface area contributed by atoms with Gasteiger partial charge in [0.2, 0.25) is 0 Å². The van der Waals surface area contributed by atoms with Gasteiger partial charge in [0.25, 0.3) is 0 Å². The van der Waals surface area contributed by atoms with Gasteiger partial charge in [0.1, 0.15) is 0 Å². The largest absolute Gasteiger partial charge is 0.379 e. The van der Waals surface area contributed by atoms with Gasteiger partial charge >= 0.3 is 0 Å². The van der Waals surface area contributed by atoms with Crippen molar-refractivity contribution in [3.05, 3.63) is 0 Å². The molecule has 0 rings (SSSR count). The normalized spacial score (nSPS) is 14.8. The number of unbranched alkanes of at least 4 members (excludes halogenated alkanes) is 6. The van der Waals surface area contributed by atoms with Gasteiger partial charge in [-0.25, -0.2) is 0 Å². The van der Waals surface area contributed by atoms with Gasteiger partial charge < -0.3 is 9.47 Å². The SMILES string of the molecule is CCCCCCCCCC(OC)C(C)OCC. The molecule has 0 aromatic heterocycles. The van der Waals surface area contributed by atoms with Crippen molar-refractivity contribution < 1.29 is 9.47 Å². The zero-order valence-corrected chi connectivity index (χ0v) is 12.3. The van der Waals surface area contributed by atoms with Crippen LogP contribution in [0.5, 0.6) is 0 Å². The predicted molar refractivity (Wildman–Crippen MR) is 74.5 cm³/mol. The van der Waals surface area contributed by atoms with Gasteiger partial charge in [-0.1, -0.05) is 51.9 Å². The molecule has 2 atom stereocenters. The lowest BCUT2D eigenvalue weighted by molar-refractivity contribution is -0.0470. The van der Waals surface area contributed by atoms with Crippen LogP contribution in [-0.4, -0.2) is 25.9 Å². The van der Waals surface area contributed by atoms with Crippen LogP contribution in [0, 0.1) is 0 Å². The fraction of sp³-hybridized carbons (Fsp3) is 1.00. The van der Waals surface area contributed by atoms with Gasteiger partial charge in [-0.2, -0.15) is 0 Å². The molecule has 0 aromatic carbocycles. The number of ether oxygens (including phenoxy) is 2. The van der Waals surface area contributed by atoms with Crippen molar-refractivity contribution in [2.45, 2.75) is 84.3 Å². The van der Waals surface area contributed by atoms with Crippen molar-refractivity contribution in [2.24, 2.45) is 0 Å². The monoisotopic (exact) mass is 244 g/mol. The molecule has 2 heteroatoms. The van der Waals surface area contributed by atoms with Crippen LogP contribution < -0.4 is 0 Å². The van der Waals surface area contributed by atoms with Crippen molar-refractivity contribution in [3.63, 3.8) is 0 Å². The molecule has 0 saturated carbocycles. The highest BCUT2D eigenvalue weighted by molar-refractivity contribution is 4.66. The highest BCUT2D eigenvalue weighted by atomic mass is 16.5. The summed E-state index contributed by atoms with van der Waals surface area (Å²) in [5, 5.41) is 0. The third-order valence-corrected chi connectivity index (χ3v) is 3.35. The summed E-state index contributed by atoms with van der Waals surface area (Å²) in [5.74, 6) is 0. The zero-order valence-electron chi connectivity index (χ0n) is 12.3. The second-order valence-electron chi connectivity index (χ2n) is 4.84. The Morgan fingerprint density at radius 1 is 0.882 bits per heavy atom. The molecule has 0 aliphatic heterocycles. The summed E-state index contributed by atoms with van der Waals surface area (Å²) >= 11 is 0. The van der Waals surface area contributed by atoms with Crippen LogP contribution >= 0.6 is 0 Å². The standard InChI is InChI=1S/C15H32O2/c1-5-7-8-9-10-11-12-13-15(16-4)14(3)17-6-2/h14-15H,5-13H2,1-4H3. The first-order valence-corrected chi connectivity index (χ1v) is 7.40. The van der Waals surface area contributed by atoms with E-state index in [0.717, 1.165) is 13.0 Å². The average Bonchev–Trinajstić information content (AvgIpc) is 2.33. The second-order valence-corrected chi connectivity index (χ2v) is 4.84. The number of methoxy groups -OCH3 is 1. The fourth-order valence-corrected chi connectivity index (χ4v) is 2.22. The minimum atomic E-state index is 0.227. The van der Waals surface area contributed by atoms with Crippen molar-refractivity contribution in [1.29, 1.82) is 0 Å². The molecule has 0 amide bonds. The summed E-state index contributed by atoms with van der Waals surface area (Å²) in [4.78, 5) is 0. The Labute approximate surface area is 108 Å². The molecule has 0 radical (unpaired) electrons. The molecule has 0 bridgehead atoms. The highest BCUT2D eigenvalue weighted by Gasteiger charge is 2.15. The molecule has 0 aliphatic rings. The molecule has 0 fully saturated rings. The molecule has 0 aliphatic carbocycles. The molecule has 0 heterocycles. The lowest BCUT2D eigenvalue weighted by Crippen LogP contribution is -2.28. The lowest BCUT2D eigenvalue weighted by Gasteiger charge is -2.22. The molecule has 0 aromatic rings. The first-order chi connectivity index (χ1) is 8.26. The summed E-state index contributed by atoms with van der Waals surface area (Å²) in [5.41, 5.74) is 0. The number of hydrogen-bond acceptors (Lipinski definition) is 2. The van der Waals surface area contributed by atoms with Gasteiger partial charge in [0, 0.05) is 13.7 Å². The topological polar surface area (TPSA) is 18.5 Å². The molecule has 0 saturated heterocycles. The molecule has 0 spiro atoms. The molecule has 2 nitrogen and oxygen atoms in total. The van der Waals surface area contributed by atoms with Gasteiger partial charge in [-0.3, -0.25) is 0 Å². The Balaban J connectivity index is 3.43. The van der Waals surface area contributed by atoms with E-state index >= 15 is 0 Å². The summed E-state index contributed by atoms with van der Waals surface area (Å²) in [6.07, 6.45) is 11.1. The van der Waals surface area contributed by atoms with E-state index in [0.29, 0.717) is 0 Å². The molecule has 104 valence electrons. The summed E-state index contributed by atoms with van der Waals surface area (Å²) in [6, 6.07) is 0. The Bertz CT molecular complexity index is 148. The minimum Gasteiger partial charge on any atom is -0.379 e. The van der Waals surface area contributed by atoms with E-state index in [1.807, 2.05) is 6.92 Å². The minimum absolute atomic E-state index is 0.227. The molecular formula is C15H32O2. The number of hydrogen-bond donors (Lipinski definition) is 0. The maximum Gasteiger partial charge on any atom is 0.0830 e. The summed E-state index contributed by atoms with van der Waals surface area (Å²) in [7, 11) is 1.79. The van der Waals surface area contributed by atoms with E-state index < -0.39 is 0 Å². The Morgan fingerprint density at radius 3 is 2.00 bits per heavy atom. The van der Waals surface area contributed by atoms with E-state index in [1.54, 1.807) is 7.11 Å². The van der Waals surface area contributed by atoms with E-state index in [2.05, 4.69) is 13.8 Å². The fourth-order valence-electron chi connectivity index (χ4n) is 2.22. The van der Waals surface area contributed by atoms with Crippen LogP contribution in [-0.2, 0) is 9.47 Å². The van der Waals surface area contributed by atoms with Gasteiger partial charge in [-0.05, 0) is 20.3 Å². The van der Waals surface area contributed by atoms with Crippen LogP contribution in [0.15, 0.2) is 0 Å². The average molecular weight is 244 g/mol. The zero-order chi connectivity index (χ0) is 12.9. The van der Waals surface area contributed by atoms with Gasteiger partial charge in [0.15, 0.2) is 0 Å². The van der Waals surface area contributed by atoms with E-state index in [4.69, 9.17) is 9.47 Å². The third-order valence-electron chi connectivity index (χ3n) is 3.35. The Hall–Kier alpha value is -0.0800. The van der Waals surface area contributed by atoms with Crippen molar-refractivity contribution in [3.8, 4) is 0 Å². The third kappa shape index (κ3) is 9.61. The predicted octanol–water partition coefficient (Wildman–Crippen LogP) is 4.57. The van der Waals surface area contributed by atoms with Crippen molar-refractivity contribution >= 4 is 0 Å². The van der Waals surface area contributed by atoms with Crippen molar-refractivity contribution in [2.75, 3.05) is 13.7 Å². The van der Waals surface area contributed by atoms with Crippen LogP contribution in [0.25, 0.3) is 0 Å². The van der Waals surface area contributed by atoms with Gasteiger partial charge in [-0.15, -0.1) is 0 Å². The quantitative estimate of drug-likeness (QED) is 0.468. The lowest BCUT2D eigenvalue weighted by atomic mass is 10.0. The molecular weight excluding hydrogens is 212 g/mol. The molecule has 17 heavy (non-hydrogen) atoms. The van der Waals surface area contributed by atoms with Crippen LogP contribution in [0.1, 0.15) is 72.1 Å². The van der Waals surface area contributed by atoms with Crippen LogP contribution in [0.2, 0.25) is 0 Å². The maximum atomic E-state index is 5.58. The smallest absolute Gasteiger partial charge is 0.0830 e. The molecule has 2 unspecified atom stereocenters. The Morgan fingerprint density at radius 2 is 1.47 bits per heavy atom. The van der Waals surface area contributed by atoms with Crippen LogP contribution in [0.3, 0.4) is 0 Å². The maximum absolute atomic E-state index is 5.58. The van der Waals surface area contributed by atoms with Crippen LogP contribution in [0.4, 0.5) is 0 Å². The Kier molecular flexibility index (Phi) is 12.3.